The van der Waals surface area contributed by atoms with E-state index >= 15 is 0 Å². The Morgan fingerprint density at radius 1 is 0.917 bits per heavy atom. The summed E-state index contributed by atoms with van der Waals surface area (Å²) in [4.78, 5) is 18.2. The largest absolute Gasteiger partial charge is 0.494 e. The Kier molecular flexibility index (Phi) is 8.21. The van der Waals surface area contributed by atoms with Gasteiger partial charge in [0.1, 0.15) is 11.6 Å². The van der Waals surface area contributed by atoms with Gasteiger partial charge < -0.3 is 15.4 Å². The Morgan fingerprint density at radius 3 is 2.31 bits per heavy atom. The number of nitrogens with zero attached hydrogens (tertiary/aromatic N) is 1. The minimum atomic E-state index is -0.158. The zero-order valence-electron chi connectivity index (χ0n) is 21.5. The number of benzene rings is 3. The van der Waals surface area contributed by atoms with Gasteiger partial charge in [0.2, 0.25) is 0 Å². The summed E-state index contributed by atoms with van der Waals surface area (Å²) in [5, 5.41) is 7.34. The zero-order chi connectivity index (χ0) is 25.5. The number of pyridine rings is 1. The third-order valence-electron chi connectivity index (χ3n) is 6.30. The predicted molar refractivity (Wildman–Crippen MR) is 148 cm³/mol. The molecule has 2 N–H and O–H groups in total. The first kappa shape index (κ1) is 25.2. The second-order valence-electron chi connectivity index (χ2n) is 9.44. The van der Waals surface area contributed by atoms with Gasteiger partial charge in [0, 0.05) is 11.1 Å². The third kappa shape index (κ3) is 6.22. The summed E-state index contributed by atoms with van der Waals surface area (Å²) in [6.45, 7) is 9.20. The third-order valence-corrected chi connectivity index (χ3v) is 6.30. The monoisotopic (exact) mass is 481 g/mol. The normalized spacial score (nSPS) is 11.9. The van der Waals surface area contributed by atoms with Crippen LogP contribution >= 0.6 is 0 Å². The summed E-state index contributed by atoms with van der Waals surface area (Å²) < 4.78 is 5.76. The number of carbonyl (C=O) groups is 1. The van der Waals surface area contributed by atoms with Gasteiger partial charge in [-0.2, -0.15) is 0 Å². The highest BCUT2D eigenvalue weighted by Crippen LogP contribution is 2.26. The van der Waals surface area contributed by atoms with E-state index in [4.69, 9.17) is 9.72 Å². The lowest BCUT2D eigenvalue weighted by atomic mass is 10.0. The number of unbranched alkanes of at least 4 members (excludes halogenated alkanes) is 1. The Labute approximate surface area is 213 Å². The summed E-state index contributed by atoms with van der Waals surface area (Å²) in [5.74, 6) is 1.82. The molecule has 0 fully saturated rings. The van der Waals surface area contributed by atoms with E-state index < -0.39 is 0 Å². The molecular formula is C31H35N3O2. The van der Waals surface area contributed by atoms with Crippen molar-refractivity contribution in [1.29, 1.82) is 0 Å². The van der Waals surface area contributed by atoms with Crippen molar-refractivity contribution in [2.45, 2.75) is 52.5 Å². The number of nitrogens with one attached hydrogen (secondary N) is 2. The fourth-order valence-electron chi connectivity index (χ4n) is 4.07. The summed E-state index contributed by atoms with van der Waals surface area (Å²) in [6.07, 6.45) is 2.14. The van der Waals surface area contributed by atoms with Crippen LogP contribution in [0, 0.1) is 0 Å². The summed E-state index contributed by atoms with van der Waals surface area (Å²) in [5.41, 5.74) is 4.60. The average Bonchev–Trinajstić information content (AvgIpc) is 2.89. The Bertz CT molecular complexity index is 1300. The molecular weight excluding hydrogens is 446 g/mol. The predicted octanol–water partition coefficient (Wildman–Crippen LogP) is 7.77. The second-order valence-corrected chi connectivity index (χ2v) is 9.44. The Hall–Kier alpha value is -3.86. The number of anilines is 2. The molecule has 1 amide bonds. The van der Waals surface area contributed by atoms with Crippen molar-refractivity contribution in [3.63, 3.8) is 0 Å². The second kappa shape index (κ2) is 11.7. The molecule has 4 rings (SSSR count). The van der Waals surface area contributed by atoms with Crippen molar-refractivity contribution in [2.75, 3.05) is 11.9 Å². The molecule has 0 aliphatic heterocycles. The van der Waals surface area contributed by atoms with E-state index in [0.29, 0.717) is 17.3 Å². The number of rotatable bonds is 10. The summed E-state index contributed by atoms with van der Waals surface area (Å²) in [7, 11) is 0. The van der Waals surface area contributed by atoms with Crippen LogP contribution in [0.1, 0.15) is 74.0 Å². The van der Waals surface area contributed by atoms with Crippen LogP contribution in [0.25, 0.3) is 10.9 Å². The number of hydrogen-bond acceptors (Lipinski definition) is 4. The van der Waals surface area contributed by atoms with E-state index in [0.717, 1.165) is 47.4 Å². The van der Waals surface area contributed by atoms with Gasteiger partial charge in [-0.3, -0.25) is 4.79 Å². The molecule has 5 heteroatoms. The lowest BCUT2D eigenvalue weighted by Crippen LogP contribution is -2.27. The molecule has 186 valence electrons. The highest BCUT2D eigenvalue weighted by molar-refractivity contribution is 6.07. The fraction of sp³-hybridized carbons (Fsp3) is 0.290. The van der Waals surface area contributed by atoms with Crippen LogP contribution in [-0.4, -0.2) is 17.5 Å². The van der Waals surface area contributed by atoms with E-state index in [9.17, 15) is 4.79 Å². The molecule has 0 saturated carbocycles. The molecule has 0 saturated heterocycles. The van der Waals surface area contributed by atoms with E-state index in [2.05, 4.69) is 43.5 Å². The van der Waals surface area contributed by atoms with Crippen LogP contribution in [0.3, 0.4) is 0 Å². The van der Waals surface area contributed by atoms with E-state index in [1.165, 1.54) is 5.56 Å². The molecule has 1 unspecified atom stereocenters. The lowest BCUT2D eigenvalue weighted by Gasteiger charge is -2.17. The number of para-hydroxylation sites is 1. The molecule has 1 heterocycles. The molecule has 1 atom stereocenters. The number of aromatic nitrogens is 1. The molecule has 3 aromatic carbocycles. The maximum absolute atomic E-state index is 13.4. The summed E-state index contributed by atoms with van der Waals surface area (Å²) >= 11 is 0. The molecule has 1 aromatic heterocycles. The smallest absolute Gasteiger partial charge is 0.252 e. The Morgan fingerprint density at radius 2 is 1.61 bits per heavy atom. The van der Waals surface area contributed by atoms with Gasteiger partial charge in [-0.05, 0) is 66.8 Å². The van der Waals surface area contributed by atoms with Crippen LogP contribution in [0.2, 0.25) is 0 Å². The van der Waals surface area contributed by atoms with E-state index in [-0.39, 0.29) is 11.9 Å². The van der Waals surface area contributed by atoms with Gasteiger partial charge in [0.15, 0.2) is 0 Å². The van der Waals surface area contributed by atoms with Crippen molar-refractivity contribution in [2.24, 2.45) is 0 Å². The van der Waals surface area contributed by atoms with Crippen LogP contribution in [0.15, 0.2) is 78.9 Å². The van der Waals surface area contributed by atoms with Crippen LogP contribution < -0.4 is 15.4 Å². The Balaban J connectivity index is 1.53. The van der Waals surface area contributed by atoms with Crippen molar-refractivity contribution >= 4 is 28.3 Å². The number of carbonyl (C=O) groups excluding carboxylic acids is 1. The molecule has 0 aliphatic rings. The van der Waals surface area contributed by atoms with E-state index in [1.807, 2.05) is 73.7 Å². The van der Waals surface area contributed by atoms with Gasteiger partial charge >= 0.3 is 0 Å². The molecule has 36 heavy (non-hydrogen) atoms. The van der Waals surface area contributed by atoms with Crippen molar-refractivity contribution in [1.82, 2.24) is 10.3 Å². The number of fused-ring (bicyclic) bond motifs is 1. The maximum atomic E-state index is 13.4. The van der Waals surface area contributed by atoms with Crippen molar-refractivity contribution in [3.05, 3.63) is 95.6 Å². The fourth-order valence-corrected chi connectivity index (χ4v) is 4.07. The number of hydrogen-bond donors (Lipinski definition) is 2. The molecule has 0 radical (unpaired) electrons. The molecule has 0 bridgehead atoms. The van der Waals surface area contributed by atoms with Crippen molar-refractivity contribution < 1.29 is 9.53 Å². The highest BCUT2D eigenvalue weighted by atomic mass is 16.5. The van der Waals surface area contributed by atoms with Crippen LogP contribution in [-0.2, 0) is 0 Å². The maximum Gasteiger partial charge on any atom is 0.252 e. The topological polar surface area (TPSA) is 63.2 Å². The average molecular weight is 482 g/mol. The first-order chi connectivity index (χ1) is 17.4. The van der Waals surface area contributed by atoms with Gasteiger partial charge in [-0.1, -0.05) is 69.7 Å². The first-order valence-electron chi connectivity index (χ1n) is 12.7. The SMILES string of the molecule is CCCCOc1ccc(C(C)NC(=O)c2cc(Nc3ccc(C(C)C)cc3)nc3ccccc23)cc1. The van der Waals surface area contributed by atoms with Crippen LogP contribution in [0.4, 0.5) is 11.5 Å². The molecule has 0 spiro atoms. The minimum absolute atomic E-state index is 0.137. The number of amides is 1. The van der Waals surface area contributed by atoms with Gasteiger partial charge in [0.05, 0.1) is 23.7 Å². The van der Waals surface area contributed by atoms with Crippen molar-refractivity contribution in [3.8, 4) is 5.75 Å². The van der Waals surface area contributed by atoms with Gasteiger partial charge in [-0.15, -0.1) is 0 Å². The molecule has 4 aromatic rings. The summed E-state index contributed by atoms with van der Waals surface area (Å²) in [6, 6.07) is 25.6. The molecule has 0 aliphatic carbocycles. The quantitative estimate of drug-likeness (QED) is 0.227. The molecule has 5 nitrogen and oxygen atoms in total. The number of ether oxygens (including phenoxy) is 1. The van der Waals surface area contributed by atoms with E-state index in [1.54, 1.807) is 0 Å². The lowest BCUT2D eigenvalue weighted by molar-refractivity contribution is 0.0941. The zero-order valence-corrected chi connectivity index (χ0v) is 21.5. The highest BCUT2D eigenvalue weighted by Gasteiger charge is 2.16. The minimum Gasteiger partial charge on any atom is -0.494 e. The first-order valence-corrected chi connectivity index (χ1v) is 12.7. The van der Waals surface area contributed by atoms with Gasteiger partial charge in [0.25, 0.3) is 5.91 Å². The van der Waals surface area contributed by atoms with Crippen LogP contribution in [0.5, 0.6) is 5.75 Å². The van der Waals surface area contributed by atoms with Gasteiger partial charge in [-0.25, -0.2) is 4.98 Å². The standard InChI is InChI=1S/C31H35N3O2/c1-5-6-19-36-26-17-13-24(14-18-26)22(4)32-31(35)28-20-30(34-29-10-8-7-9-27(28)29)33-25-15-11-23(12-16-25)21(2)3/h7-18,20-22H,5-6,19H2,1-4H3,(H,32,35)(H,33,34).